The minimum absolute atomic E-state index is 0.185. The number of benzene rings is 1. The first-order valence-electron chi connectivity index (χ1n) is 7.96. The fraction of sp³-hybridized carbons (Fsp3) is 0.588. The highest BCUT2D eigenvalue weighted by molar-refractivity contribution is 5.76. The Morgan fingerprint density at radius 3 is 2.90 bits per heavy atom. The molecule has 1 aromatic rings. The number of hydrogen-bond donors (Lipinski definition) is 1. The zero-order valence-electron chi connectivity index (χ0n) is 12.1. The van der Waals surface area contributed by atoms with E-state index in [9.17, 15) is 4.79 Å². The standard InChI is InChI=1S/C17H21NO3/c19-17(18-14-8-12-1-4-13(14)7-12)6-3-11-2-5-15-16(9-11)21-10-20-15/h2,5,9,12-14H,1,3-4,6-8,10H2,(H,18,19)/t12-,13-,14+/m0/s1. The highest BCUT2D eigenvalue weighted by Crippen LogP contribution is 2.44. The van der Waals surface area contributed by atoms with Gasteiger partial charge in [0.2, 0.25) is 12.7 Å². The minimum Gasteiger partial charge on any atom is -0.454 e. The molecule has 3 aliphatic rings. The third-order valence-electron chi connectivity index (χ3n) is 5.16. The number of ether oxygens (including phenoxy) is 2. The van der Waals surface area contributed by atoms with Gasteiger partial charge in [0.25, 0.3) is 0 Å². The van der Waals surface area contributed by atoms with Crippen molar-refractivity contribution in [3.63, 3.8) is 0 Å². The molecule has 112 valence electrons. The maximum Gasteiger partial charge on any atom is 0.231 e. The lowest BCUT2D eigenvalue weighted by molar-refractivity contribution is -0.122. The molecule has 1 amide bonds. The molecule has 2 aliphatic carbocycles. The molecule has 1 aromatic carbocycles. The Morgan fingerprint density at radius 2 is 2.10 bits per heavy atom. The van der Waals surface area contributed by atoms with Gasteiger partial charge in [0.1, 0.15) is 0 Å². The molecule has 4 rings (SSSR count). The smallest absolute Gasteiger partial charge is 0.231 e. The molecule has 2 fully saturated rings. The van der Waals surface area contributed by atoms with Gasteiger partial charge in [-0.1, -0.05) is 12.5 Å². The molecule has 1 N–H and O–H groups in total. The monoisotopic (exact) mass is 287 g/mol. The van der Waals surface area contributed by atoms with E-state index in [2.05, 4.69) is 5.32 Å². The van der Waals surface area contributed by atoms with Crippen LogP contribution in [-0.4, -0.2) is 18.7 Å². The number of nitrogens with one attached hydrogen (secondary N) is 1. The summed E-state index contributed by atoms with van der Waals surface area (Å²) in [5, 5.41) is 3.24. The van der Waals surface area contributed by atoms with Gasteiger partial charge in [-0.2, -0.15) is 0 Å². The maximum atomic E-state index is 12.1. The molecule has 1 aliphatic heterocycles. The van der Waals surface area contributed by atoms with Gasteiger partial charge < -0.3 is 14.8 Å². The molecule has 4 heteroatoms. The zero-order chi connectivity index (χ0) is 14.2. The number of carbonyl (C=O) groups is 1. The molecule has 0 unspecified atom stereocenters. The highest BCUT2D eigenvalue weighted by Gasteiger charge is 2.39. The molecule has 0 saturated heterocycles. The second-order valence-electron chi connectivity index (χ2n) is 6.54. The van der Waals surface area contributed by atoms with E-state index in [1.807, 2.05) is 18.2 Å². The van der Waals surface area contributed by atoms with E-state index in [0.717, 1.165) is 35.3 Å². The summed E-state index contributed by atoms with van der Waals surface area (Å²) in [5.41, 5.74) is 1.13. The zero-order valence-corrected chi connectivity index (χ0v) is 12.1. The van der Waals surface area contributed by atoms with Gasteiger partial charge >= 0.3 is 0 Å². The fourth-order valence-corrected chi connectivity index (χ4v) is 4.05. The first kappa shape index (κ1) is 13.0. The Hall–Kier alpha value is -1.71. The number of hydrogen-bond acceptors (Lipinski definition) is 3. The maximum absolute atomic E-state index is 12.1. The van der Waals surface area contributed by atoms with Crippen LogP contribution in [0.4, 0.5) is 0 Å². The fourth-order valence-electron chi connectivity index (χ4n) is 4.05. The van der Waals surface area contributed by atoms with E-state index in [-0.39, 0.29) is 5.91 Å². The average molecular weight is 287 g/mol. The van der Waals surface area contributed by atoms with Crippen molar-refractivity contribution >= 4 is 5.91 Å². The van der Waals surface area contributed by atoms with Crippen LogP contribution >= 0.6 is 0 Å². The molecule has 0 aromatic heterocycles. The van der Waals surface area contributed by atoms with E-state index >= 15 is 0 Å². The average Bonchev–Trinajstić information content (AvgIpc) is 3.20. The van der Waals surface area contributed by atoms with Crippen LogP contribution in [0.5, 0.6) is 11.5 Å². The molecular weight excluding hydrogens is 266 g/mol. The van der Waals surface area contributed by atoms with E-state index in [1.54, 1.807) is 0 Å². The van der Waals surface area contributed by atoms with Crippen molar-refractivity contribution in [2.24, 2.45) is 11.8 Å². The second-order valence-corrected chi connectivity index (χ2v) is 6.54. The van der Waals surface area contributed by atoms with Crippen molar-refractivity contribution in [2.75, 3.05) is 6.79 Å². The van der Waals surface area contributed by atoms with Crippen LogP contribution < -0.4 is 14.8 Å². The predicted molar refractivity (Wildman–Crippen MR) is 78.3 cm³/mol. The summed E-state index contributed by atoms with van der Waals surface area (Å²) in [7, 11) is 0. The molecule has 0 radical (unpaired) electrons. The van der Waals surface area contributed by atoms with Crippen LogP contribution in [0.15, 0.2) is 18.2 Å². The second kappa shape index (κ2) is 5.24. The van der Waals surface area contributed by atoms with Gasteiger partial charge in [-0.15, -0.1) is 0 Å². The molecule has 1 heterocycles. The topological polar surface area (TPSA) is 47.6 Å². The summed E-state index contributed by atoms with van der Waals surface area (Å²) in [6, 6.07) is 6.35. The third kappa shape index (κ3) is 2.59. The Balaban J connectivity index is 1.29. The van der Waals surface area contributed by atoms with Crippen LogP contribution in [0.3, 0.4) is 0 Å². The van der Waals surface area contributed by atoms with Crippen LogP contribution in [0.1, 0.15) is 37.7 Å². The summed E-state index contributed by atoms with van der Waals surface area (Å²) in [5.74, 6) is 3.38. The predicted octanol–water partition coefficient (Wildman–Crippen LogP) is 2.65. The summed E-state index contributed by atoms with van der Waals surface area (Å²) in [4.78, 5) is 12.1. The van der Waals surface area contributed by atoms with Gasteiger partial charge in [-0.05, 0) is 55.2 Å². The van der Waals surface area contributed by atoms with Crippen molar-refractivity contribution in [3.05, 3.63) is 23.8 Å². The van der Waals surface area contributed by atoms with Crippen molar-refractivity contribution in [3.8, 4) is 11.5 Å². The van der Waals surface area contributed by atoms with Crippen molar-refractivity contribution in [2.45, 2.75) is 44.6 Å². The van der Waals surface area contributed by atoms with Gasteiger partial charge in [-0.25, -0.2) is 0 Å². The number of aryl methyl sites for hydroxylation is 1. The molecule has 3 atom stereocenters. The number of fused-ring (bicyclic) bond motifs is 3. The van der Waals surface area contributed by atoms with Gasteiger partial charge in [0, 0.05) is 12.5 Å². The van der Waals surface area contributed by atoms with E-state index < -0.39 is 0 Å². The van der Waals surface area contributed by atoms with E-state index in [0.29, 0.717) is 19.3 Å². The Kier molecular flexibility index (Phi) is 3.24. The molecule has 0 spiro atoms. The number of amides is 1. The molecule has 4 nitrogen and oxygen atoms in total. The van der Waals surface area contributed by atoms with Crippen LogP contribution in [0.25, 0.3) is 0 Å². The minimum atomic E-state index is 0.185. The van der Waals surface area contributed by atoms with Crippen LogP contribution in [0, 0.1) is 11.8 Å². The largest absolute Gasteiger partial charge is 0.454 e. The Bertz CT molecular complexity index is 557. The lowest BCUT2D eigenvalue weighted by Gasteiger charge is -2.22. The van der Waals surface area contributed by atoms with Crippen molar-refractivity contribution in [1.82, 2.24) is 5.32 Å². The summed E-state index contributed by atoms with van der Waals surface area (Å²) in [6.45, 7) is 0.295. The summed E-state index contributed by atoms with van der Waals surface area (Å²) < 4.78 is 10.7. The van der Waals surface area contributed by atoms with Gasteiger partial charge in [0.05, 0.1) is 0 Å². The first-order valence-corrected chi connectivity index (χ1v) is 7.96. The number of carbonyl (C=O) groups excluding carboxylic acids is 1. The molecule has 21 heavy (non-hydrogen) atoms. The quantitative estimate of drug-likeness (QED) is 0.926. The lowest BCUT2D eigenvalue weighted by atomic mass is 9.95. The van der Waals surface area contributed by atoms with Crippen LogP contribution in [-0.2, 0) is 11.2 Å². The summed E-state index contributed by atoms with van der Waals surface area (Å²) >= 11 is 0. The highest BCUT2D eigenvalue weighted by atomic mass is 16.7. The third-order valence-corrected chi connectivity index (χ3v) is 5.16. The Morgan fingerprint density at radius 1 is 1.19 bits per heavy atom. The van der Waals surface area contributed by atoms with Crippen LogP contribution in [0.2, 0.25) is 0 Å². The van der Waals surface area contributed by atoms with Crippen molar-refractivity contribution in [1.29, 1.82) is 0 Å². The van der Waals surface area contributed by atoms with E-state index in [1.165, 1.54) is 25.7 Å². The Labute approximate surface area is 124 Å². The number of rotatable bonds is 4. The normalized spacial score (nSPS) is 28.9. The molecular formula is C17H21NO3. The molecule has 2 saturated carbocycles. The molecule has 2 bridgehead atoms. The summed E-state index contributed by atoms with van der Waals surface area (Å²) in [6.07, 6.45) is 6.50. The van der Waals surface area contributed by atoms with Gasteiger partial charge in [-0.3, -0.25) is 4.79 Å². The van der Waals surface area contributed by atoms with Crippen molar-refractivity contribution < 1.29 is 14.3 Å². The SMILES string of the molecule is O=C(CCc1ccc2c(c1)OCO2)N[C@@H]1C[C@H]2CC[C@H]1C2. The first-order chi connectivity index (χ1) is 10.3. The van der Waals surface area contributed by atoms with Gasteiger partial charge in [0.15, 0.2) is 11.5 Å². The van der Waals surface area contributed by atoms with E-state index in [4.69, 9.17) is 9.47 Å². The lowest BCUT2D eigenvalue weighted by Crippen LogP contribution is -2.38.